The fraction of sp³-hybridized carbons (Fsp3) is 0.727. The zero-order valence-electron chi connectivity index (χ0n) is 9.35. The largest absolute Gasteiger partial charge is 0.376 e. The Morgan fingerprint density at radius 3 is 3.12 bits per heavy atom. The first-order valence-electron chi connectivity index (χ1n) is 5.63. The monoisotopic (exact) mass is 262 g/mol. The molecule has 0 spiro atoms. The summed E-state index contributed by atoms with van der Waals surface area (Å²) in [6, 6.07) is 0.681. The Kier molecular flexibility index (Phi) is 6.96. The summed E-state index contributed by atoms with van der Waals surface area (Å²) >= 11 is 1.66. The van der Waals surface area contributed by atoms with E-state index in [4.69, 9.17) is 4.74 Å². The van der Waals surface area contributed by atoms with E-state index in [0.29, 0.717) is 6.04 Å². The minimum absolute atomic E-state index is 0. The third-order valence-corrected chi connectivity index (χ3v) is 3.50. The van der Waals surface area contributed by atoms with Gasteiger partial charge in [-0.05, 0) is 25.8 Å². The van der Waals surface area contributed by atoms with Crippen LogP contribution in [0.4, 0.5) is 0 Å². The van der Waals surface area contributed by atoms with Crippen LogP contribution < -0.4 is 5.32 Å². The number of hydrogen-bond donors (Lipinski definition) is 1. The summed E-state index contributed by atoms with van der Waals surface area (Å²) in [5, 5.41) is 3.52. The number of aromatic nitrogens is 1. The molecular weight excluding hydrogens is 244 g/mol. The SMILES string of the molecule is Cl.c1ncc(COCCC2CCCCN2)s1. The van der Waals surface area contributed by atoms with Crippen LogP contribution in [0.5, 0.6) is 0 Å². The predicted octanol–water partition coefficient (Wildman–Crippen LogP) is 2.61. The van der Waals surface area contributed by atoms with Crippen molar-refractivity contribution < 1.29 is 4.74 Å². The van der Waals surface area contributed by atoms with Gasteiger partial charge in [-0.15, -0.1) is 23.7 Å². The average Bonchev–Trinajstić information content (AvgIpc) is 2.79. The van der Waals surface area contributed by atoms with E-state index >= 15 is 0 Å². The first-order chi connectivity index (χ1) is 7.45. The van der Waals surface area contributed by atoms with Crippen LogP contribution in [0.25, 0.3) is 0 Å². The normalized spacial score (nSPS) is 20.4. The molecule has 16 heavy (non-hydrogen) atoms. The van der Waals surface area contributed by atoms with E-state index < -0.39 is 0 Å². The van der Waals surface area contributed by atoms with Crippen molar-refractivity contribution in [1.82, 2.24) is 10.3 Å². The molecule has 1 aromatic rings. The lowest BCUT2D eigenvalue weighted by atomic mass is 10.0. The Hall–Kier alpha value is -0.160. The van der Waals surface area contributed by atoms with Gasteiger partial charge in [0.25, 0.3) is 0 Å². The van der Waals surface area contributed by atoms with Gasteiger partial charge in [-0.2, -0.15) is 0 Å². The molecule has 92 valence electrons. The molecule has 0 bridgehead atoms. The van der Waals surface area contributed by atoms with Crippen LogP contribution in [0, 0.1) is 0 Å². The van der Waals surface area contributed by atoms with E-state index in [1.807, 2.05) is 11.7 Å². The maximum absolute atomic E-state index is 5.61. The van der Waals surface area contributed by atoms with Crippen molar-refractivity contribution in [3.8, 4) is 0 Å². The molecule has 0 saturated carbocycles. The van der Waals surface area contributed by atoms with E-state index in [2.05, 4.69) is 10.3 Å². The van der Waals surface area contributed by atoms with Crippen LogP contribution in [-0.2, 0) is 11.3 Å². The molecule has 1 fully saturated rings. The number of piperidine rings is 1. The summed E-state index contributed by atoms with van der Waals surface area (Å²) in [5.41, 5.74) is 1.85. The van der Waals surface area contributed by atoms with Crippen LogP contribution in [-0.4, -0.2) is 24.2 Å². The predicted molar refractivity (Wildman–Crippen MR) is 69.3 cm³/mol. The van der Waals surface area contributed by atoms with E-state index in [1.165, 1.54) is 30.7 Å². The Labute approximate surface area is 107 Å². The van der Waals surface area contributed by atoms with Gasteiger partial charge < -0.3 is 10.1 Å². The van der Waals surface area contributed by atoms with Gasteiger partial charge in [0.2, 0.25) is 0 Å². The van der Waals surface area contributed by atoms with Crippen LogP contribution in [0.1, 0.15) is 30.6 Å². The molecule has 1 aliphatic heterocycles. The first kappa shape index (κ1) is 13.9. The smallest absolute Gasteiger partial charge is 0.0825 e. The quantitative estimate of drug-likeness (QED) is 0.829. The zero-order valence-corrected chi connectivity index (χ0v) is 11.0. The molecule has 0 aromatic carbocycles. The average molecular weight is 263 g/mol. The minimum atomic E-state index is 0. The molecule has 0 radical (unpaired) electrons. The molecule has 0 aliphatic carbocycles. The lowest BCUT2D eigenvalue weighted by Gasteiger charge is -2.23. The lowest BCUT2D eigenvalue weighted by molar-refractivity contribution is 0.110. The van der Waals surface area contributed by atoms with Gasteiger partial charge in [0.1, 0.15) is 0 Å². The molecule has 0 amide bonds. The maximum atomic E-state index is 5.61. The van der Waals surface area contributed by atoms with Crippen molar-refractivity contribution in [1.29, 1.82) is 0 Å². The van der Waals surface area contributed by atoms with Crippen molar-refractivity contribution in [2.24, 2.45) is 0 Å². The fourth-order valence-electron chi connectivity index (χ4n) is 1.88. The highest BCUT2D eigenvalue weighted by Crippen LogP contribution is 2.11. The standard InChI is InChI=1S/C11H18N2OS.ClH/c1-2-5-13-10(3-1)4-6-14-8-11-7-12-9-15-11;/h7,9-10,13H,1-6,8H2;1H. The fourth-order valence-corrected chi connectivity index (χ4v) is 2.41. The number of hydrogen-bond acceptors (Lipinski definition) is 4. The highest BCUT2D eigenvalue weighted by atomic mass is 35.5. The minimum Gasteiger partial charge on any atom is -0.376 e. The van der Waals surface area contributed by atoms with Crippen LogP contribution in [0.2, 0.25) is 0 Å². The van der Waals surface area contributed by atoms with Gasteiger partial charge in [-0.25, -0.2) is 0 Å². The summed E-state index contributed by atoms with van der Waals surface area (Å²) in [6.07, 6.45) is 7.02. The number of halogens is 1. The van der Waals surface area contributed by atoms with Gasteiger partial charge in [0.15, 0.2) is 0 Å². The maximum Gasteiger partial charge on any atom is 0.0825 e. The van der Waals surface area contributed by atoms with E-state index in [0.717, 1.165) is 19.6 Å². The highest BCUT2D eigenvalue weighted by Gasteiger charge is 2.11. The Morgan fingerprint density at radius 1 is 1.50 bits per heavy atom. The number of nitrogens with one attached hydrogen (secondary N) is 1. The molecule has 2 rings (SSSR count). The lowest BCUT2D eigenvalue weighted by Crippen LogP contribution is -2.34. The van der Waals surface area contributed by atoms with Crippen LogP contribution in [0.3, 0.4) is 0 Å². The molecule has 2 heterocycles. The summed E-state index contributed by atoms with van der Waals surface area (Å²) in [4.78, 5) is 5.23. The summed E-state index contributed by atoms with van der Waals surface area (Å²) in [7, 11) is 0. The van der Waals surface area contributed by atoms with Crippen molar-refractivity contribution in [3.05, 3.63) is 16.6 Å². The summed E-state index contributed by atoms with van der Waals surface area (Å²) in [6.45, 7) is 2.76. The van der Waals surface area contributed by atoms with Gasteiger partial charge in [0.05, 0.1) is 17.0 Å². The molecule has 3 nitrogen and oxygen atoms in total. The van der Waals surface area contributed by atoms with Crippen LogP contribution in [0.15, 0.2) is 11.7 Å². The Balaban J connectivity index is 0.00000128. The highest BCUT2D eigenvalue weighted by molar-refractivity contribution is 7.09. The van der Waals surface area contributed by atoms with Gasteiger partial charge >= 0.3 is 0 Å². The van der Waals surface area contributed by atoms with Crippen molar-refractivity contribution in [2.75, 3.05) is 13.2 Å². The molecule has 1 aliphatic rings. The molecule has 1 aromatic heterocycles. The van der Waals surface area contributed by atoms with Gasteiger partial charge in [0, 0.05) is 18.8 Å². The number of nitrogens with zero attached hydrogens (tertiary/aromatic N) is 1. The van der Waals surface area contributed by atoms with Gasteiger partial charge in [-0.3, -0.25) is 4.98 Å². The van der Waals surface area contributed by atoms with Gasteiger partial charge in [-0.1, -0.05) is 6.42 Å². The number of ether oxygens (including phenoxy) is 1. The number of thiazole rings is 1. The van der Waals surface area contributed by atoms with Crippen LogP contribution >= 0.6 is 23.7 Å². The van der Waals surface area contributed by atoms with E-state index in [1.54, 1.807) is 11.3 Å². The molecular formula is C11H19ClN2OS. The molecule has 1 saturated heterocycles. The van der Waals surface area contributed by atoms with Crippen molar-refractivity contribution >= 4 is 23.7 Å². The van der Waals surface area contributed by atoms with E-state index in [-0.39, 0.29) is 12.4 Å². The second-order valence-corrected chi connectivity index (χ2v) is 4.93. The molecule has 1 atom stereocenters. The Morgan fingerprint density at radius 2 is 2.44 bits per heavy atom. The number of rotatable bonds is 5. The first-order valence-corrected chi connectivity index (χ1v) is 6.51. The Bertz CT molecular complexity index is 263. The summed E-state index contributed by atoms with van der Waals surface area (Å²) < 4.78 is 5.61. The van der Waals surface area contributed by atoms with E-state index in [9.17, 15) is 0 Å². The third-order valence-electron chi connectivity index (χ3n) is 2.75. The second-order valence-electron chi connectivity index (χ2n) is 3.96. The molecule has 1 unspecified atom stereocenters. The van der Waals surface area contributed by atoms with Crippen molar-refractivity contribution in [3.63, 3.8) is 0 Å². The second kappa shape index (κ2) is 8.01. The molecule has 5 heteroatoms. The molecule has 1 N–H and O–H groups in total. The zero-order chi connectivity index (χ0) is 10.3. The topological polar surface area (TPSA) is 34.1 Å². The van der Waals surface area contributed by atoms with Crippen molar-refractivity contribution in [2.45, 2.75) is 38.3 Å². The third kappa shape index (κ3) is 4.78. The summed E-state index contributed by atoms with van der Waals surface area (Å²) in [5.74, 6) is 0.